The van der Waals surface area contributed by atoms with Crippen molar-refractivity contribution in [2.24, 2.45) is 0 Å². The summed E-state index contributed by atoms with van der Waals surface area (Å²) in [6.07, 6.45) is 5.41. The minimum atomic E-state index is -0.162. The molecular weight excluding hydrogens is 390 g/mol. The molecule has 0 aliphatic carbocycles. The number of anilines is 1. The summed E-state index contributed by atoms with van der Waals surface area (Å²) in [5.41, 5.74) is 4.37. The highest BCUT2D eigenvalue weighted by Gasteiger charge is 2.25. The Hall–Kier alpha value is -2.67. The third-order valence-corrected chi connectivity index (χ3v) is 6.54. The lowest BCUT2D eigenvalue weighted by atomic mass is 9.99. The van der Waals surface area contributed by atoms with E-state index < -0.39 is 0 Å². The second kappa shape index (κ2) is 9.22. The smallest absolute Gasteiger partial charge is 0.344 e. The number of hydrogen-bond donors (Lipinski definition) is 0. The van der Waals surface area contributed by atoms with E-state index in [0.717, 1.165) is 26.2 Å². The molecule has 3 heterocycles. The minimum absolute atomic E-state index is 0.131. The average molecular weight is 424 g/mol. The van der Waals surface area contributed by atoms with Gasteiger partial charge in [-0.05, 0) is 56.4 Å². The van der Waals surface area contributed by atoms with Crippen LogP contribution in [-0.2, 0) is 6.54 Å². The molecule has 0 spiro atoms. The van der Waals surface area contributed by atoms with Gasteiger partial charge in [0.2, 0.25) is 0 Å². The van der Waals surface area contributed by atoms with Gasteiger partial charge in [0.1, 0.15) is 5.69 Å². The van der Waals surface area contributed by atoms with Crippen LogP contribution in [0.4, 0.5) is 10.5 Å². The maximum absolute atomic E-state index is 12.7. The van der Waals surface area contributed by atoms with Crippen molar-refractivity contribution in [2.45, 2.75) is 52.6 Å². The van der Waals surface area contributed by atoms with E-state index in [9.17, 15) is 9.59 Å². The number of amides is 1. The van der Waals surface area contributed by atoms with Gasteiger partial charge in [-0.25, -0.2) is 4.79 Å². The zero-order chi connectivity index (χ0) is 22.0. The van der Waals surface area contributed by atoms with Crippen LogP contribution in [0.15, 0.2) is 30.5 Å². The molecule has 7 nitrogen and oxygen atoms in total. The molecule has 166 valence electrons. The second-order valence-corrected chi connectivity index (χ2v) is 8.92. The number of Topliss-reactive ketones (excluding diaryl/α,β-unsaturated/α-hetero) is 1. The Balaban J connectivity index is 1.40. The van der Waals surface area contributed by atoms with Crippen molar-refractivity contribution in [3.05, 3.63) is 47.3 Å². The Bertz CT molecular complexity index is 945. The van der Waals surface area contributed by atoms with E-state index in [-0.39, 0.29) is 11.8 Å². The molecule has 0 N–H and O–H groups in total. The fraction of sp³-hybridized carbons (Fsp3) is 0.542. The Morgan fingerprint density at radius 3 is 2.52 bits per heavy atom. The Morgan fingerprint density at radius 1 is 1.06 bits per heavy atom. The van der Waals surface area contributed by atoms with Crippen molar-refractivity contribution < 1.29 is 9.59 Å². The molecule has 0 bridgehead atoms. The van der Waals surface area contributed by atoms with Crippen molar-refractivity contribution in [3.63, 3.8) is 0 Å². The summed E-state index contributed by atoms with van der Waals surface area (Å²) >= 11 is 0. The van der Waals surface area contributed by atoms with Crippen molar-refractivity contribution in [1.29, 1.82) is 0 Å². The van der Waals surface area contributed by atoms with Crippen LogP contribution >= 0.6 is 0 Å². The third-order valence-electron chi connectivity index (χ3n) is 6.54. The summed E-state index contributed by atoms with van der Waals surface area (Å²) in [5, 5.41) is 4.11. The van der Waals surface area contributed by atoms with E-state index in [2.05, 4.69) is 46.9 Å². The van der Waals surface area contributed by atoms with E-state index in [1.165, 1.54) is 47.7 Å². The maximum Gasteiger partial charge on any atom is 0.344 e. The number of aromatic nitrogens is 2. The van der Waals surface area contributed by atoms with Crippen molar-refractivity contribution >= 4 is 17.5 Å². The number of ketones is 1. The van der Waals surface area contributed by atoms with E-state index in [4.69, 9.17) is 0 Å². The highest BCUT2D eigenvalue weighted by atomic mass is 16.2. The van der Waals surface area contributed by atoms with Crippen molar-refractivity contribution in [3.8, 4) is 0 Å². The van der Waals surface area contributed by atoms with Gasteiger partial charge in [0.05, 0.1) is 0 Å². The van der Waals surface area contributed by atoms with Crippen LogP contribution < -0.4 is 4.90 Å². The molecule has 2 aliphatic heterocycles. The molecule has 2 aliphatic rings. The number of piperazine rings is 1. The Kier molecular flexibility index (Phi) is 6.41. The van der Waals surface area contributed by atoms with E-state index in [1.807, 2.05) is 4.90 Å². The zero-order valence-corrected chi connectivity index (χ0v) is 18.9. The second-order valence-electron chi connectivity index (χ2n) is 8.92. The average Bonchev–Trinajstić information content (AvgIpc) is 3.26. The molecule has 7 heteroatoms. The topological polar surface area (TPSA) is 61.7 Å². The van der Waals surface area contributed by atoms with Crippen LogP contribution in [0.2, 0.25) is 0 Å². The first-order valence-corrected chi connectivity index (χ1v) is 11.4. The van der Waals surface area contributed by atoms with Gasteiger partial charge in [-0.2, -0.15) is 9.78 Å². The van der Waals surface area contributed by atoms with E-state index >= 15 is 0 Å². The molecule has 2 fully saturated rings. The highest BCUT2D eigenvalue weighted by molar-refractivity contribution is 5.92. The number of carbonyl (C=O) groups excluding carboxylic acids is 2. The maximum atomic E-state index is 12.7. The van der Waals surface area contributed by atoms with Crippen LogP contribution in [0, 0.1) is 6.92 Å². The van der Waals surface area contributed by atoms with Gasteiger partial charge in [0.15, 0.2) is 5.78 Å². The summed E-state index contributed by atoms with van der Waals surface area (Å²) < 4.78 is 1.28. The monoisotopic (exact) mass is 423 g/mol. The number of benzene rings is 1. The number of carbonyl (C=O) groups is 2. The third kappa shape index (κ3) is 4.82. The predicted octanol–water partition coefficient (Wildman–Crippen LogP) is 3.56. The van der Waals surface area contributed by atoms with Crippen LogP contribution in [0.1, 0.15) is 54.7 Å². The van der Waals surface area contributed by atoms with Gasteiger partial charge in [-0.3, -0.25) is 9.69 Å². The molecule has 1 aromatic heterocycles. The largest absolute Gasteiger partial charge is 0.369 e. The van der Waals surface area contributed by atoms with Crippen molar-refractivity contribution in [1.82, 2.24) is 19.6 Å². The lowest BCUT2D eigenvalue weighted by molar-refractivity contribution is 0.101. The fourth-order valence-electron chi connectivity index (χ4n) is 4.63. The normalized spacial score (nSPS) is 20.2. The molecule has 1 amide bonds. The van der Waals surface area contributed by atoms with E-state index in [0.29, 0.717) is 24.8 Å². The number of nitrogens with zero attached hydrogens (tertiary/aromatic N) is 5. The summed E-state index contributed by atoms with van der Waals surface area (Å²) in [5.74, 6) is -0.131. The Morgan fingerprint density at radius 2 is 1.84 bits per heavy atom. The molecule has 31 heavy (non-hydrogen) atoms. The molecule has 0 unspecified atom stereocenters. The highest BCUT2D eigenvalue weighted by Crippen LogP contribution is 2.30. The first-order valence-electron chi connectivity index (χ1n) is 11.4. The summed E-state index contributed by atoms with van der Waals surface area (Å²) in [4.78, 5) is 31.0. The van der Waals surface area contributed by atoms with E-state index in [1.54, 1.807) is 12.3 Å². The lowest BCUT2D eigenvalue weighted by Gasteiger charge is -2.39. The van der Waals surface area contributed by atoms with Crippen LogP contribution in [0.5, 0.6) is 0 Å². The van der Waals surface area contributed by atoms with Gasteiger partial charge in [0, 0.05) is 64.1 Å². The molecule has 0 radical (unpaired) electrons. The molecule has 0 saturated carbocycles. The molecule has 1 atom stereocenters. The molecule has 2 aromatic rings. The molecule has 2 saturated heterocycles. The minimum Gasteiger partial charge on any atom is -0.369 e. The van der Waals surface area contributed by atoms with Crippen LogP contribution in [0.3, 0.4) is 0 Å². The number of hydrogen-bond acceptors (Lipinski definition) is 5. The zero-order valence-electron chi connectivity index (χ0n) is 18.9. The summed E-state index contributed by atoms with van der Waals surface area (Å²) in [6, 6.07) is 8.83. The standard InChI is InChI=1S/C24H33N5O2/c1-18-7-8-21(23(16-18)28-10-5-4-6-19(28)2)17-26-12-14-27(15-13-26)24(31)29-11-9-22(25-29)20(3)30/h7-9,11,16,19H,4-6,10,12-15,17H2,1-3H3/t19-/m1/s1. The molecule has 4 rings (SSSR count). The Labute approximate surface area is 184 Å². The quantitative estimate of drug-likeness (QED) is 0.704. The number of piperidine rings is 1. The van der Waals surface area contributed by atoms with Gasteiger partial charge >= 0.3 is 6.03 Å². The van der Waals surface area contributed by atoms with Crippen molar-refractivity contribution in [2.75, 3.05) is 37.6 Å². The molecule has 1 aromatic carbocycles. The summed E-state index contributed by atoms with van der Waals surface area (Å²) in [7, 11) is 0. The summed E-state index contributed by atoms with van der Waals surface area (Å²) in [6.45, 7) is 11.0. The van der Waals surface area contributed by atoms with Gasteiger partial charge in [-0.1, -0.05) is 12.1 Å². The lowest BCUT2D eigenvalue weighted by Crippen LogP contribution is -2.49. The number of rotatable bonds is 4. The fourth-order valence-corrected chi connectivity index (χ4v) is 4.63. The van der Waals surface area contributed by atoms with Gasteiger partial charge in [-0.15, -0.1) is 0 Å². The first-order chi connectivity index (χ1) is 14.9. The first kappa shape index (κ1) is 21.6. The predicted molar refractivity (Wildman–Crippen MR) is 122 cm³/mol. The SMILES string of the molecule is CC(=O)c1ccn(C(=O)N2CCN(Cc3ccc(C)cc3N3CCCC[C@H]3C)CC2)n1. The van der Waals surface area contributed by atoms with Gasteiger partial charge < -0.3 is 9.80 Å². The van der Waals surface area contributed by atoms with Crippen LogP contribution in [-0.4, -0.2) is 70.2 Å². The number of aryl methyl sites for hydroxylation is 1. The van der Waals surface area contributed by atoms with Crippen LogP contribution in [0.25, 0.3) is 0 Å². The van der Waals surface area contributed by atoms with Gasteiger partial charge in [0.25, 0.3) is 0 Å². The molecular formula is C24H33N5O2.